The number of thiazole rings is 1. The van der Waals surface area contributed by atoms with Crippen molar-refractivity contribution in [3.63, 3.8) is 0 Å². The minimum absolute atomic E-state index is 0.250. The highest BCUT2D eigenvalue weighted by atomic mass is 32.1. The van der Waals surface area contributed by atoms with Crippen molar-refractivity contribution in [2.24, 2.45) is 17.6 Å². The predicted octanol–water partition coefficient (Wildman–Crippen LogP) is 2.40. The molecular formula is C14H23N3S. The van der Waals surface area contributed by atoms with Crippen molar-refractivity contribution in [2.45, 2.75) is 44.7 Å². The van der Waals surface area contributed by atoms with Crippen LogP contribution in [0.1, 0.15) is 36.4 Å². The molecule has 3 atom stereocenters. The molecule has 1 aromatic rings. The number of nitrogens with two attached hydrogens (primary N) is 1. The first kappa shape index (κ1) is 12.6. The molecule has 2 aliphatic rings. The van der Waals surface area contributed by atoms with Gasteiger partial charge in [-0.05, 0) is 45.1 Å². The van der Waals surface area contributed by atoms with Gasteiger partial charge in [-0.2, -0.15) is 0 Å². The monoisotopic (exact) mass is 265 g/mol. The average molecular weight is 265 g/mol. The van der Waals surface area contributed by atoms with Crippen LogP contribution in [0.5, 0.6) is 0 Å². The highest BCUT2D eigenvalue weighted by Crippen LogP contribution is 2.52. The Hall–Kier alpha value is -0.450. The Morgan fingerprint density at radius 3 is 2.89 bits per heavy atom. The molecular weight excluding hydrogens is 242 g/mol. The predicted molar refractivity (Wildman–Crippen MR) is 75.6 cm³/mol. The van der Waals surface area contributed by atoms with Crippen LogP contribution in [0.2, 0.25) is 0 Å². The van der Waals surface area contributed by atoms with Crippen molar-refractivity contribution in [3.05, 3.63) is 16.1 Å². The molecule has 0 aliphatic heterocycles. The molecule has 2 saturated carbocycles. The van der Waals surface area contributed by atoms with Gasteiger partial charge in [-0.15, -0.1) is 11.3 Å². The van der Waals surface area contributed by atoms with Gasteiger partial charge in [-0.3, -0.25) is 4.90 Å². The maximum atomic E-state index is 6.16. The minimum Gasteiger partial charge on any atom is -0.329 e. The molecule has 0 aromatic carbocycles. The third-order valence-electron chi connectivity index (χ3n) is 5.12. The Balaban J connectivity index is 1.76. The standard InChI is InChI=1S/C14H23N3S/c1-10-16-13(8-18-10)7-17(2)14(9-15)6-11-3-4-12(14)5-11/h8,11-12H,3-7,9,15H2,1-2H3. The molecule has 3 unspecified atom stereocenters. The minimum atomic E-state index is 0.250. The van der Waals surface area contributed by atoms with Gasteiger partial charge in [0.2, 0.25) is 0 Å². The van der Waals surface area contributed by atoms with Gasteiger partial charge in [0.05, 0.1) is 10.7 Å². The Kier molecular flexibility index (Phi) is 3.20. The second-order valence-corrected chi connectivity index (χ2v) is 7.16. The number of likely N-dealkylation sites (N-methyl/N-ethyl adjacent to an activating group) is 1. The largest absolute Gasteiger partial charge is 0.329 e. The van der Waals surface area contributed by atoms with E-state index >= 15 is 0 Å². The van der Waals surface area contributed by atoms with Crippen LogP contribution >= 0.6 is 11.3 Å². The van der Waals surface area contributed by atoms with Crippen molar-refractivity contribution in [1.82, 2.24) is 9.88 Å². The van der Waals surface area contributed by atoms with E-state index in [1.807, 2.05) is 0 Å². The van der Waals surface area contributed by atoms with E-state index in [0.29, 0.717) is 0 Å². The number of rotatable bonds is 4. The molecule has 18 heavy (non-hydrogen) atoms. The fraction of sp³-hybridized carbons (Fsp3) is 0.786. The number of fused-ring (bicyclic) bond motifs is 2. The van der Waals surface area contributed by atoms with Gasteiger partial charge in [0.1, 0.15) is 0 Å². The quantitative estimate of drug-likeness (QED) is 0.909. The second-order valence-electron chi connectivity index (χ2n) is 6.10. The fourth-order valence-corrected chi connectivity index (χ4v) is 4.77. The van der Waals surface area contributed by atoms with Crippen LogP contribution < -0.4 is 5.73 Å². The van der Waals surface area contributed by atoms with E-state index in [2.05, 4.69) is 29.2 Å². The lowest BCUT2D eigenvalue weighted by atomic mass is 9.79. The number of hydrogen-bond acceptors (Lipinski definition) is 4. The Labute approximate surface area is 113 Å². The van der Waals surface area contributed by atoms with Crippen molar-refractivity contribution in [1.29, 1.82) is 0 Å². The van der Waals surface area contributed by atoms with Gasteiger partial charge in [-0.1, -0.05) is 6.42 Å². The van der Waals surface area contributed by atoms with E-state index in [4.69, 9.17) is 5.73 Å². The molecule has 0 amide bonds. The Bertz CT molecular complexity index is 430. The van der Waals surface area contributed by atoms with E-state index < -0.39 is 0 Å². The lowest BCUT2D eigenvalue weighted by Gasteiger charge is -2.44. The summed E-state index contributed by atoms with van der Waals surface area (Å²) in [7, 11) is 2.24. The van der Waals surface area contributed by atoms with Crippen molar-refractivity contribution in [2.75, 3.05) is 13.6 Å². The van der Waals surface area contributed by atoms with Crippen LogP contribution in [0.3, 0.4) is 0 Å². The van der Waals surface area contributed by atoms with Gasteiger partial charge < -0.3 is 5.73 Å². The summed E-state index contributed by atoms with van der Waals surface area (Å²) >= 11 is 1.74. The number of aryl methyl sites for hydroxylation is 1. The molecule has 3 nitrogen and oxygen atoms in total. The van der Waals surface area contributed by atoms with Crippen LogP contribution in [0, 0.1) is 18.8 Å². The highest BCUT2D eigenvalue weighted by Gasteiger charge is 2.52. The summed E-state index contributed by atoms with van der Waals surface area (Å²) < 4.78 is 0. The maximum Gasteiger partial charge on any atom is 0.0897 e. The number of hydrogen-bond donors (Lipinski definition) is 1. The van der Waals surface area contributed by atoms with Crippen LogP contribution in [0.4, 0.5) is 0 Å². The van der Waals surface area contributed by atoms with Gasteiger partial charge >= 0.3 is 0 Å². The van der Waals surface area contributed by atoms with Crippen LogP contribution in [-0.4, -0.2) is 29.0 Å². The lowest BCUT2D eigenvalue weighted by Crippen LogP contribution is -2.55. The molecule has 2 bridgehead atoms. The second kappa shape index (κ2) is 4.58. The van der Waals surface area contributed by atoms with Crippen molar-refractivity contribution < 1.29 is 0 Å². The molecule has 2 aliphatic carbocycles. The highest BCUT2D eigenvalue weighted by molar-refractivity contribution is 7.09. The van der Waals surface area contributed by atoms with Gasteiger partial charge in [-0.25, -0.2) is 4.98 Å². The molecule has 4 heteroatoms. The summed E-state index contributed by atoms with van der Waals surface area (Å²) in [6.45, 7) is 3.82. The molecule has 100 valence electrons. The lowest BCUT2D eigenvalue weighted by molar-refractivity contribution is 0.0582. The van der Waals surface area contributed by atoms with Crippen LogP contribution in [0.25, 0.3) is 0 Å². The summed E-state index contributed by atoms with van der Waals surface area (Å²) in [5, 5.41) is 3.34. The number of nitrogens with zero attached hydrogens (tertiary/aromatic N) is 2. The summed E-state index contributed by atoms with van der Waals surface area (Å²) in [5.41, 5.74) is 7.61. The van der Waals surface area contributed by atoms with E-state index in [9.17, 15) is 0 Å². The third-order valence-corrected chi connectivity index (χ3v) is 5.95. The van der Waals surface area contributed by atoms with Gasteiger partial charge in [0.15, 0.2) is 0 Å². The van der Waals surface area contributed by atoms with E-state index in [0.717, 1.165) is 29.9 Å². The first-order valence-electron chi connectivity index (χ1n) is 6.96. The first-order valence-corrected chi connectivity index (χ1v) is 7.84. The van der Waals surface area contributed by atoms with Crippen LogP contribution in [-0.2, 0) is 6.54 Å². The molecule has 0 spiro atoms. The van der Waals surface area contributed by atoms with Gasteiger partial charge in [0, 0.05) is 24.0 Å². The molecule has 0 saturated heterocycles. The van der Waals surface area contributed by atoms with Gasteiger partial charge in [0.25, 0.3) is 0 Å². The molecule has 2 N–H and O–H groups in total. The zero-order valence-electron chi connectivity index (χ0n) is 11.4. The summed E-state index contributed by atoms with van der Waals surface area (Å²) in [6.07, 6.45) is 5.50. The van der Waals surface area contributed by atoms with E-state index in [1.54, 1.807) is 11.3 Å². The fourth-order valence-electron chi connectivity index (χ4n) is 4.17. The normalized spacial score (nSPS) is 34.7. The zero-order valence-corrected chi connectivity index (χ0v) is 12.2. The van der Waals surface area contributed by atoms with E-state index in [-0.39, 0.29) is 5.54 Å². The SMILES string of the molecule is Cc1nc(CN(C)C2(CN)CC3CCC2C3)cs1. The topological polar surface area (TPSA) is 42.2 Å². The zero-order chi connectivity index (χ0) is 12.8. The summed E-state index contributed by atoms with van der Waals surface area (Å²) in [5.74, 6) is 1.75. The molecule has 0 radical (unpaired) electrons. The molecule has 1 aromatic heterocycles. The molecule has 2 fully saturated rings. The molecule has 1 heterocycles. The maximum absolute atomic E-state index is 6.16. The van der Waals surface area contributed by atoms with E-state index in [1.165, 1.54) is 31.4 Å². The average Bonchev–Trinajstić information content (AvgIpc) is 3.04. The van der Waals surface area contributed by atoms with Crippen LogP contribution in [0.15, 0.2) is 5.38 Å². The number of aromatic nitrogens is 1. The molecule has 3 rings (SSSR count). The Morgan fingerprint density at radius 1 is 1.56 bits per heavy atom. The van der Waals surface area contributed by atoms with Crippen molar-refractivity contribution >= 4 is 11.3 Å². The van der Waals surface area contributed by atoms with Crippen molar-refractivity contribution in [3.8, 4) is 0 Å². The smallest absolute Gasteiger partial charge is 0.0897 e. The summed E-state index contributed by atoms with van der Waals surface area (Å²) in [6, 6.07) is 0. The third kappa shape index (κ3) is 1.91. The Morgan fingerprint density at radius 2 is 2.39 bits per heavy atom. The first-order chi connectivity index (χ1) is 8.64. The summed E-state index contributed by atoms with van der Waals surface area (Å²) in [4.78, 5) is 7.08.